The minimum Gasteiger partial charge on any atom is -0.396 e. The summed E-state index contributed by atoms with van der Waals surface area (Å²) in [5, 5.41) is 12.9. The Kier molecular flexibility index (Phi) is 4.79. The highest BCUT2D eigenvalue weighted by molar-refractivity contribution is 5.84. The van der Waals surface area contributed by atoms with Crippen molar-refractivity contribution < 1.29 is 9.90 Å². The Morgan fingerprint density at radius 1 is 1.40 bits per heavy atom. The Morgan fingerprint density at radius 2 is 2.15 bits per heavy atom. The molecule has 2 rings (SSSR count). The number of aliphatic hydroxyl groups excluding tert-OH is 1. The van der Waals surface area contributed by atoms with Crippen molar-refractivity contribution in [1.29, 1.82) is 0 Å². The molecule has 4 nitrogen and oxygen atoms in total. The van der Waals surface area contributed by atoms with Crippen molar-refractivity contribution >= 4 is 16.8 Å². The molecule has 1 aromatic heterocycles. The molecule has 20 heavy (non-hydrogen) atoms. The van der Waals surface area contributed by atoms with E-state index in [1.165, 1.54) is 0 Å². The molecule has 108 valence electrons. The molecule has 0 saturated carbocycles. The van der Waals surface area contributed by atoms with Crippen molar-refractivity contribution in [2.75, 3.05) is 13.2 Å². The van der Waals surface area contributed by atoms with Crippen LogP contribution in [-0.2, 0) is 11.3 Å². The molecule has 0 aliphatic rings. The van der Waals surface area contributed by atoms with Gasteiger partial charge in [0.05, 0.1) is 0 Å². The number of aryl methyl sites for hydroxylation is 1. The summed E-state index contributed by atoms with van der Waals surface area (Å²) in [5.74, 6) is 0.311. The van der Waals surface area contributed by atoms with E-state index in [4.69, 9.17) is 5.11 Å². The first kappa shape index (κ1) is 14.6. The van der Waals surface area contributed by atoms with Gasteiger partial charge in [-0.15, -0.1) is 0 Å². The number of carbonyl (C=O) groups is 1. The number of aromatic nitrogens is 1. The summed E-state index contributed by atoms with van der Waals surface area (Å²) in [6, 6.07) is 10.2. The quantitative estimate of drug-likeness (QED) is 0.847. The third-order valence-electron chi connectivity index (χ3n) is 3.59. The number of hydrogen-bond acceptors (Lipinski definition) is 2. The highest BCUT2D eigenvalue weighted by Gasteiger charge is 2.10. The summed E-state index contributed by atoms with van der Waals surface area (Å²) in [5.41, 5.74) is 2.17. The van der Waals surface area contributed by atoms with Gasteiger partial charge in [-0.2, -0.15) is 0 Å². The van der Waals surface area contributed by atoms with Crippen LogP contribution in [0, 0.1) is 12.8 Å². The van der Waals surface area contributed by atoms with Crippen molar-refractivity contribution in [1.82, 2.24) is 9.88 Å². The van der Waals surface area contributed by atoms with Crippen LogP contribution in [-0.4, -0.2) is 28.7 Å². The molecule has 2 N–H and O–H groups in total. The first-order valence-electron chi connectivity index (χ1n) is 7.04. The molecule has 2 aromatic rings. The number of fused-ring (bicyclic) bond motifs is 1. The summed E-state index contributed by atoms with van der Waals surface area (Å²) >= 11 is 0. The van der Waals surface area contributed by atoms with Crippen LogP contribution in [0.15, 0.2) is 30.3 Å². The zero-order valence-corrected chi connectivity index (χ0v) is 12.1. The van der Waals surface area contributed by atoms with E-state index in [1.807, 2.05) is 36.6 Å². The van der Waals surface area contributed by atoms with Gasteiger partial charge >= 0.3 is 0 Å². The van der Waals surface area contributed by atoms with E-state index in [9.17, 15) is 4.79 Å². The fourth-order valence-corrected chi connectivity index (χ4v) is 2.37. The first-order valence-corrected chi connectivity index (χ1v) is 7.04. The number of benzene rings is 1. The van der Waals surface area contributed by atoms with Gasteiger partial charge in [0.25, 0.3) is 0 Å². The Morgan fingerprint density at radius 3 is 2.90 bits per heavy atom. The molecule has 1 atom stereocenters. The van der Waals surface area contributed by atoms with Crippen molar-refractivity contribution in [2.45, 2.75) is 26.8 Å². The second-order valence-electron chi connectivity index (χ2n) is 5.35. The number of carbonyl (C=O) groups excluding carboxylic acids is 1. The van der Waals surface area contributed by atoms with Crippen LogP contribution < -0.4 is 5.32 Å². The predicted octanol–water partition coefficient (Wildman–Crippen LogP) is 2.08. The lowest BCUT2D eigenvalue weighted by atomic mass is 10.1. The zero-order valence-electron chi connectivity index (χ0n) is 12.1. The average Bonchev–Trinajstić information content (AvgIpc) is 2.73. The number of para-hydroxylation sites is 1. The third kappa shape index (κ3) is 3.39. The van der Waals surface area contributed by atoms with Gasteiger partial charge in [0, 0.05) is 24.4 Å². The smallest absolute Gasteiger partial charge is 0.239 e. The van der Waals surface area contributed by atoms with E-state index >= 15 is 0 Å². The summed E-state index contributed by atoms with van der Waals surface area (Å²) in [6.07, 6.45) is 0.714. The summed E-state index contributed by atoms with van der Waals surface area (Å²) in [6.45, 7) is 5.15. The van der Waals surface area contributed by atoms with Gasteiger partial charge in [0.2, 0.25) is 5.91 Å². The Bertz CT molecular complexity index is 589. The monoisotopic (exact) mass is 274 g/mol. The molecule has 0 aliphatic heterocycles. The summed E-state index contributed by atoms with van der Waals surface area (Å²) in [4.78, 5) is 12.0. The highest BCUT2D eigenvalue weighted by Crippen LogP contribution is 2.18. The number of aliphatic hydroxyl groups is 1. The number of rotatable bonds is 6. The van der Waals surface area contributed by atoms with Crippen LogP contribution in [0.1, 0.15) is 19.0 Å². The van der Waals surface area contributed by atoms with E-state index in [-0.39, 0.29) is 12.5 Å². The van der Waals surface area contributed by atoms with Gasteiger partial charge in [-0.25, -0.2) is 0 Å². The molecule has 0 saturated heterocycles. The standard InChI is InChI=1S/C16H22N2O2/c1-12(7-8-19)10-17-16(20)11-18-13(2)9-14-5-3-4-6-15(14)18/h3-6,9,12,19H,7-8,10-11H2,1-2H3,(H,17,20). The normalized spacial score (nSPS) is 12.6. The molecule has 0 fully saturated rings. The lowest BCUT2D eigenvalue weighted by Crippen LogP contribution is -2.31. The molecule has 1 unspecified atom stereocenters. The zero-order chi connectivity index (χ0) is 14.5. The lowest BCUT2D eigenvalue weighted by Gasteiger charge is -2.13. The van der Waals surface area contributed by atoms with Crippen LogP contribution in [0.5, 0.6) is 0 Å². The average molecular weight is 274 g/mol. The fourth-order valence-electron chi connectivity index (χ4n) is 2.37. The number of amides is 1. The topological polar surface area (TPSA) is 54.3 Å². The van der Waals surface area contributed by atoms with Gasteiger partial charge < -0.3 is 15.0 Å². The lowest BCUT2D eigenvalue weighted by molar-refractivity contribution is -0.121. The van der Waals surface area contributed by atoms with Crippen LogP contribution in [0.4, 0.5) is 0 Å². The van der Waals surface area contributed by atoms with Crippen molar-refractivity contribution in [3.05, 3.63) is 36.0 Å². The van der Waals surface area contributed by atoms with Crippen LogP contribution >= 0.6 is 0 Å². The van der Waals surface area contributed by atoms with Gasteiger partial charge in [0.15, 0.2) is 0 Å². The largest absolute Gasteiger partial charge is 0.396 e. The molecule has 1 amide bonds. The summed E-state index contributed by atoms with van der Waals surface area (Å²) in [7, 11) is 0. The van der Waals surface area contributed by atoms with E-state index in [1.54, 1.807) is 0 Å². The maximum Gasteiger partial charge on any atom is 0.239 e. The maximum atomic E-state index is 12.0. The van der Waals surface area contributed by atoms with Crippen LogP contribution in [0.3, 0.4) is 0 Å². The first-order chi connectivity index (χ1) is 9.61. The van der Waals surface area contributed by atoms with E-state index in [0.717, 1.165) is 16.6 Å². The van der Waals surface area contributed by atoms with Gasteiger partial charge in [0.1, 0.15) is 6.54 Å². The molecule has 0 aliphatic carbocycles. The van der Waals surface area contributed by atoms with Crippen molar-refractivity contribution in [3.8, 4) is 0 Å². The number of hydrogen-bond donors (Lipinski definition) is 2. The van der Waals surface area contributed by atoms with Gasteiger partial charge in [-0.05, 0) is 36.8 Å². The minimum absolute atomic E-state index is 0.0132. The van der Waals surface area contributed by atoms with Gasteiger partial charge in [-0.1, -0.05) is 25.1 Å². The van der Waals surface area contributed by atoms with Crippen molar-refractivity contribution in [3.63, 3.8) is 0 Å². The maximum absolute atomic E-state index is 12.0. The van der Waals surface area contributed by atoms with E-state index in [0.29, 0.717) is 25.4 Å². The van der Waals surface area contributed by atoms with Gasteiger partial charge in [-0.3, -0.25) is 4.79 Å². The second kappa shape index (κ2) is 6.57. The molecule has 1 aromatic carbocycles. The predicted molar refractivity (Wildman–Crippen MR) is 80.6 cm³/mol. The third-order valence-corrected chi connectivity index (χ3v) is 3.59. The Labute approximate surface area is 119 Å². The molecule has 0 radical (unpaired) electrons. The SMILES string of the molecule is Cc1cc2ccccc2n1CC(=O)NCC(C)CCO. The highest BCUT2D eigenvalue weighted by atomic mass is 16.3. The molecule has 0 spiro atoms. The molecule has 4 heteroatoms. The molecule has 1 heterocycles. The van der Waals surface area contributed by atoms with Crippen molar-refractivity contribution in [2.24, 2.45) is 5.92 Å². The number of nitrogens with one attached hydrogen (secondary N) is 1. The summed E-state index contributed by atoms with van der Waals surface area (Å²) < 4.78 is 2.03. The van der Waals surface area contributed by atoms with Crippen LogP contribution in [0.25, 0.3) is 10.9 Å². The van der Waals surface area contributed by atoms with E-state index in [2.05, 4.69) is 17.4 Å². The van der Waals surface area contributed by atoms with E-state index < -0.39 is 0 Å². The molecular formula is C16H22N2O2. The minimum atomic E-state index is 0.0132. The Balaban J connectivity index is 2.01. The molecule has 0 bridgehead atoms. The van der Waals surface area contributed by atoms with Crippen LogP contribution in [0.2, 0.25) is 0 Å². The Hall–Kier alpha value is -1.81. The second-order valence-corrected chi connectivity index (χ2v) is 5.35. The molecular weight excluding hydrogens is 252 g/mol. The number of nitrogens with zero attached hydrogens (tertiary/aromatic N) is 1. The fraction of sp³-hybridized carbons (Fsp3) is 0.438.